The molecule has 1 heterocycles. The first-order valence-electron chi connectivity index (χ1n) is 4.58. The first-order chi connectivity index (χ1) is 7.34. The molecule has 4 nitrogen and oxygen atoms in total. The van der Waals surface area contributed by atoms with Gasteiger partial charge in [0.25, 0.3) is 6.43 Å². The van der Waals surface area contributed by atoms with E-state index in [4.69, 9.17) is 5.11 Å². The Hall–Kier alpha value is -0.980. The molecule has 90 valence electrons. The van der Waals surface area contributed by atoms with Crippen LogP contribution in [0, 0.1) is 12.8 Å². The van der Waals surface area contributed by atoms with E-state index in [-0.39, 0.29) is 16.7 Å². The Morgan fingerprint density at radius 3 is 2.56 bits per heavy atom. The van der Waals surface area contributed by atoms with Crippen LogP contribution in [0.25, 0.3) is 0 Å². The van der Waals surface area contributed by atoms with Crippen LogP contribution in [0.15, 0.2) is 4.47 Å². The molecule has 0 radical (unpaired) electrons. The molecule has 16 heavy (non-hydrogen) atoms. The minimum atomic E-state index is -2.67. The molecule has 0 aliphatic rings. The summed E-state index contributed by atoms with van der Waals surface area (Å²) in [5.74, 6) is -1.65. The molecule has 0 saturated heterocycles. The number of carbonyl (C=O) groups is 1. The van der Waals surface area contributed by atoms with Crippen LogP contribution in [-0.4, -0.2) is 20.9 Å². The molecule has 0 amide bonds. The Balaban J connectivity index is 2.98. The minimum Gasteiger partial charge on any atom is -0.481 e. The maximum absolute atomic E-state index is 12.5. The molecule has 1 rings (SSSR count). The van der Waals surface area contributed by atoms with Gasteiger partial charge in [0.2, 0.25) is 0 Å². The molecule has 1 aromatic heterocycles. The lowest BCUT2D eigenvalue weighted by Crippen LogP contribution is -2.18. The van der Waals surface area contributed by atoms with E-state index in [0.717, 1.165) is 0 Å². The second-order valence-electron chi connectivity index (χ2n) is 3.51. The smallest absolute Gasteiger partial charge is 0.308 e. The highest BCUT2D eigenvalue weighted by molar-refractivity contribution is 9.10. The maximum Gasteiger partial charge on any atom is 0.308 e. The summed E-state index contributed by atoms with van der Waals surface area (Å²) < 4.78 is 26.5. The molecule has 0 aliphatic carbocycles. The number of aromatic nitrogens is 2. The lowest BCUT2D eigenvalue weighted by molar-refractivity contribution is -0.141. The summed E-state index contributed by atoms with van der Waals surface area (Å²) in [7, 11) is 0. The summed E-state index contributed by atoms with van der Waals surface area (Å²) in [6.07, 6.45) is -2.67. The van der Waals surface area contributed by atoms with Crippen LogP contribution in [0.2, 0.25) is 0 Å². The fraction of sp³-hybridized carbons (Fsp3) is 0.556. The van der Waals surface area contributed by atoms with E-state index in [1.165, 1.54) is 11.6 Å². The number of nitrogens with zero attached hydrogens (tertiary/aromatic N) is 2. The number of hydrogen-bond acceptors (Lipinski definition) is 2. The van der Waals surface area contributed by atoms with Crippen molar-refractivity contribution in [1.29, 1.82) is 0 Å². The van der Waals surface area contributed by atoms with Gasteiger partial charge >= 0.3 is 5.97 Å². The van der Waals surface area contributed by atoms with Gasteiger partial charge in [-0.05, 0) is 22.9 Å². The molecule has 0 fully saturated rings. The van der Waals surface area contributed by atoms with E-state index < -0.39 is 18.3 Å². The highest BCUT2D eigenvalue weighted by Crippen LogP contribution is 2.29. The first kappa shape index (κ1) is 13.1. The number of halogens is 3. The van der Waals surface area contributed by atoms with Crippen molar-refractivity contribution in [2.24, 2.45) is 5.92 Å². The quantitative estimate of drug-likeness (QED) is 0.929. The van der Waals surface area contributed by atoms with E-state index in [0.29, 0.717) is 5.69 Å². The lowest BCUT2D eigenvalue weighted by atomic mass is 10.2. The first-order valence-corrected chi connectivity index (χ1v) is 5.37. The molecular weight excluding hydrogens is 286 g/mol. The molecule has 0 aromatic carbocycles. The Morgan fingerprint density at radius 1 is 1.62 bits per heavy atom. The summed E-state index contributed by atoms with van der Waals surface area (Å²) in [5, 5.41) is 12.4. The van der Waals surface area contributed by atoms with Crippen molar-refractivity contribution in [3.05, 3.63) is 15.9 Å². The predicted octanol–water partition coefficient (Wildman–Crippen LogP) is 2.61. The van der Waals surface area contributed by atoms with Gasteiger partial charge < -0.3 is 5.11 Å². The predicted molar refractivity (Wildman–Crippen MR) is 56.4 cm³/mol. The van der Waals surface area contributed by atoms with Crippen LogP contribution in [0.4, 0.5) is 8.78 Å². The number of aliphatic carboxylic acids is 1. The lowest BCUT2D eigenvalue weighted by Gasteiger charge is -2.07. The van der Waals surface area contributed by atoms with Crippen LogP contribution in [0.1, 0.15) is 24.7 Å². The largest absolute Gasteiger partial charge is 0.481 e. The van der Waals surface area contributed by atoms with Crippen molar-refractivity contribution in [3.63, 3.8) is 0 Å². The van der Waals surface area contributed by atoms with Gasteiger partial charge in [-0.1, -0.05) is 6.92 Å². The van der Waals surface area contributed by atoms with Gasteiger partial charge in [-0.15, -0.1) is 0 Å². The summed E-state index contributed by atoms with van der Waals surface area (Å²) in [5.41, 5.74) is 0.151. The third kappa shape index (κ3) is 2.58. The van der Waals surface area contributed by atoms with Crippen molar-refractivity contribution in [3.8, 4) is 0 Å². The van der Waals surface area contributed by atoms with E-state index in [1.807, 2.05) is 0 Å². The molecule has 1 N–H and O–H groups in total. The Bertz CT molecular complexity index is 406. The van der Waals surface area contributed by atoms with Crippen LogP contribution >= 0.6 is 15.9 Å². The van der Waals surface area contributed by atoms with Crippen molar-refractivity contribution < 1.29 is 18.7 Å². The van der Waals surface area contributed by atoms with Crippen molar-refractivity contribution in [2.75, 3.05) is 0 Å². The van der Waals surface area contributed by atoms with E-state index in [1.54, 1.807) is 6.92 Å². The number of carboxylic acids is 1. The molecule has 0 saturated carbocycles. The zero-order valence-electron chi connectivity index (χ0n) is 8.75. The molecule has 1 atom stereocenters. The molecule has 7 heteroatoms. The molecule has 1 aromatic rings. The molecule has 0 aliphatic heterocycles. The summed E-state index contributed by atoms with van der Waals surface area (Å²) in [4.78, 5) is 10.6. The standard InChI is InChI=1S/C9H11BrF2N2O2/c1-4(9(15)16)3-14-5(2)6(10)7(13-14)8(11)12/h4,8H,3H2,1-2H3,(H,15,16). The van der Waals surface area contributed by atoms with Gasteiger partial charge in [-0.2, -0.15) is 5.10 Å². The fourth-order valence-electron chi connectivity index (χ4n) is 1.20. The second kappa shape index (κ2) is 4.90. The highest BCUT2D eigenvalue weighted by atomic mass is 79.9. The van der Waals surface area contributed by atoms with Gasteiger partial charge in [0.05, 0.1) is 22.6 Å². The topological polar surface area (TPSA) is 55.1 Å². The van der Waals surface area contributed by atoms with Gasteiger partial charge in [-0.25, -0.2) is 8.78 Å². The molecular formula is C9H11BrF2N2O2. The number of rotatable bonds is 4. The van der Waals surface area contributed by atoms with E-state index >= 15 is 0 Å². The third-order valence-electron chi connectivity index (χ3n) is 2.23. The molecule has 1 unspecified atom stereocenters. The maximum atomic E-state index is 12.5. The SMILES string of the molecule is Cc1c(Br)c(C(F)F)nn1CC(C)C(=O)O. The van der Waals surface area contributed by atoms with Crippen LogP contribution < -0.4 is 0 Å². The van der Waals surface area contributed by atoms with Gasteiger partial charge in [-0.3, -0.25) is 9.48 Å². The normalized spacial score (nSPS) is 13.1. The Morgan fingerprint density at radius 2 is 2.19 bits per heavy atom. The monoisotopic (exact) mass is 296 g/mol. The van der Waals surface area contributed by atoms with Crippen LogP contribution in [-0.2, 0) is 11.3 Å². The average Bonchev–Trinajstić information content (AvgIpc) is 2.46. The Labute approximate surface area is 99.4 Å². The number of alkyl halides is 2. The Kier molecular flexibility index (Phi) is 4.01. The fourth-order valence-corrected chi connectivity index (χ4v) is 1.66. The molecule has 0 spiro atoms. The minimum absolute atomic E-state index is 0.0759. The zero-order valence-corrected chi connectivity index (χ0v) is 10.3. The van der Waals surface area contributed by atoms with E-state index in [9.17, 15) is 13.6 Å². The highest BCUT2D eigenvalue weighted by Gasteiger charge is 2.22. The average molecular weight is 297 g/mol. The van der Waals surface area contributed by atoms with E-state index in [2.05, 4.69) is 21.0 Å². The summed E-state index contributed by atoms with van der Waals surface area (Å²) in [6, 6.07) is 0. The van der Waals surface area contributed by atoms with Crippen molar-refractivity contribution >= 4 is 21.9 Å². The van der Waals surface area contributed by atoms with Crippen molar-refractivity contribution in [1.82, 2.24) is 9.78 Å². The summed E-state index contributed by atoms with van der Waals surface area (Å²) in [6.45, 7) is 3.18. The van der Waals surface area contributed by atoms with Crippen LogP contribution in [0.5, 0.6) is 0 Å². The number of hydrogen-bond donors (Lipinski definition) is 1. The van der Waals surface area contributed by atoms with Crippen LogP contribution in [0.3, 0.4) is 0 Å². The van der Waals surface area contributed by atoms with Gasteiger partial charge in [0.1, 0.15) is 5.69 Å². The van der Waals surface area contributed by atoms with Gasteiger partial charge in [0, 0.05) is 0 Å². The third-order valence-corrected chi connectivity index (χ3v) is 3.21. The summed E-state index contributed by atoms with van der Waals surface area (Å²) >= 11 is 3.02. The molecule has 0 bridgehead atoms. The van der Waals surface area contributed by atoms with Gasteiger partial charge in [0.15, 0.2) is 0 Å². The van der Waals surface area contributed by atoms with Crippen molar-refractivity contribution in [2.45, 2.75) is 26.8 Å². The zero-order chi connectivity index (χ0) is 12.5. The number of carboxylic acid groups (broad SMARTS) is 1. The second-order valence-corrected chi connectivity index (χ2v) is 4.30.